The fraction of sp³-hybridized carbons (Fsp3) is 0.300. The minimum atomic E-state index is -1.11. The van der Waals surface area contributed by atoms with Crippen LogP contribution < -0.4 is 9.47 Å². The van der Waals surface area contributed by atoms with Crippen LogP contribution in [0.5, 0.6) is 11.5 Å². The van der Waals surface area contributed by atoms with E-state index in [1.54, 1.807) is 12.1 Å². The summed E-state index contributed by atoms with van der Waals surface area (Å²) in [6.45, 7) is 5.76. The van der Waals surface area contributed by atoms with E-state index in [0.717, 1.165) is 17.2 Å². The zero-order valence-corrected chi connectivity index (χ0v) is 15.7. The van der Waals surface area contributed by atoms with Gasteiger partial charge in [-0.05, 0) is 38.0 Å². The van der Waals surface area contributed by atoms with Gasteiger partial charge in [-0.25, -0.2) is 4.79 Å². The van der Waals surface area contributed by atoms with Crippen LogP contribution in [-0.2, 0) is 4.74 Å². The van der Waals surface area contributed by atoms with Gasteiger partial charge in [0, 0.05) is 11.6 Å². The maximum absolute atomic E-state index is 12.6. The molecular weight excluding hydrogens is 366 g/mol. The Balaban J connectivity index is 1.84. The molecule has 1 atom stereocenters. The van der Waals surface area contributed by atoms with E-state index < -0.39 is 28.5 Å². The van der Waals surface area contributed by atoms with Crippen molar-refractivity contribution in [2.24, 2.45) is 0 Å². The number of hydrogen-bond donors (Lipinski definition) is 0. The normalized spacial score (nSPS) is 13.5. The summed E-state index contributed by atoms with van der Waals surface area (Å²) in [6, 6.07) is 7.52. The molecule has 0 fully saturated rings. The van der Waals surface area contributed by atoms with E-state index in [2.05, 4.69) is 0 Å². The fourth-order valence-electron chi connectivity index (χ4n) is 2.80. The minimum absolute atomic E-state index is 0.189. The van der Waals surface area contributed by atoms with Crippen molar-refractivity contribution in [2.75, 3.05) is 13.2 Å². The van der Waals surface area contributed by atoms with Crippen LogP contribution >= 0.6 is 0 Å². The standard InChI is InChI=1S/C20H19NO7/c1-11-4-5-14(8-12(11)2)19(22)13(3)28-20(23)15-9-17-18(27-7-6-26-17)10-16(15)21(24)25/h4-5,8-10,13H,6-7H2,1-3H3/t13-/m1/s1. The Labute approximate surface area is 161 Å². The highest BCUT2D eigenvalue weighted by molar-refractivity contribution is 6.02. The lowest BCUT2D eigenvalue weighted by atomic mass is 10.0. The molecule has 1 heterocycles. The van der Waals surface area contributed by atoms with Crippen LogP contribution in [0.1, 0.15) is 38.8 Å². The zero-order valence-electron chi connectivity index (χ0n) is 15.7. The molecule has 1 aliphatic heterocycles. The van der Waals surface area contributed by atoms with Gasteiger partial charge in [0.05, 0.1) is 11.0 Å². The van der Waals surface area contributed by atoms with Gasteiger partial charge in [0.15, 0.2) is 17.6 Å². The molecule has 0 saturated heterocycles. The van der Waals surface area contributed by atoms with Gasteiger partial charge in [-0.2, -0.15) is 0 Å². The minimum Gasteiger partial charge on any atom is -0.486 e. The van der Waals surface area contributed by atoms with Gasteiger partial charge in [0.2, 0.25) is 5.78 Å². The summed E-state index contributed by atoms with van der Waals surface area (Å²) in [7, 11) is 0. The number of carbonyl (C=O) groups is 2. The molecule has 8 nitrogen and oxygen atoms in total. The lowest BCUT2D eigenvalue weighted by Gasteiger charge is -2.19. The zero-order chi connectivity index (χ0) is 20.4. The maximum Gasteiger partial charge on any atom is 0.346 e. The van der Waals surface area contributed by atoms with Crippen molar-refractivity contribution in [1.82, 2.24) is 0 Å². The van der Waals surface area contributed by atoms with Crippen molar-refractivity contribution in [3.8, 4) is 11.5 Å². The molecule has 0 unspecified atom stereocenters. The third-order valence-corrected chi connectivity index (χ3v) is 4.52. The van der Waals surface area contributed by atoms with Crippen LogP contribution in [-0.4, -0.2) is 36.0 Å². The van der Waals surface area contributed by atoms with Crippen molar-refractivity contribution in [1.29, 1.82) is 0 Å². The number of aryl methyl sites for hydroxylation is 2. The Kier molecular flexibility index (Phi) is 5.30. The SMILES string of the molecule is Cc1ccc(C(=O)[C@@H](C)OC(=O)c2cc3c(cc2[N+](=O)[O-])OCCO3)cc1C. The van der Waals surface area contributed by atoms with Crippen LogP contribution in [0, 0.1) is 24.0 Å². The fourth-order valence-corrected chi connectivity index (χ4v) is 2.80. The average Bonchev–Trinajstić information content (AvgIpc) is 2.68. The molecule has 0 spiro atoms. The molecule has 0 aromatic heterocycles. The molecule has 2 aromatic carbocycles. The van der Waals surface area contributed by atoms with E-state index in [-0.39, 0.29) is 30.3 Å². The number of hydrogen-bond acceptors (Lipinski definition) is 7. The number of nitrogens with zero attached hydrogens (tertiary/aromatic N) is 1. The largest absolute Gasteiger partial charge is 0.486 e. The van der Waals surface area contributed by atoms with Gasteiger partial charge in [-0.15, -0.1) is 0 Å². The lowest BCUT2D eigenvalue weighted by molar-refractivity contribution is -0.385. The summed E-state index contributed by atoms with van der Waals surface area (Å²) in [6.07, 6.45) is -1.11. The summed E-state index contributed by atoms with van der Waals surface area (Å²) < 4.78 is 15.9. The molecule has 146 valence electrons. The first-order valence-corrected chi connectivity index (χ1v) is 8.68. The smallest absolute Gasteiger partial charge is 0.346 e. The molecule has 0 bridgehead atoms. The van der Waals surface area contributed by atoms with Crippen LogP contribution in [0.15, 0.2) is 30.3 Å². The van der Waals surface area contributed by atoms with Crippen molar-refractivity contribution in [3.05, 3.63) is 62.7 Å². The van der Waals surface area contributed by atoms with Crippen molar-refractivity contribution in [2.45, 2.75) is 26.9 Å². The number of ether oxygens (including phenoxy) is 3. The first-order valence-electron chi connectivity index (χ1n) is 8.68. The van der Waals surface area contributed by atoms with E-state index in [9.17, 15) is 19.7 Å². The van der Waals surface area contributed by atoms with E-state index in [1.165, 1.54) is 13.0 Å². The molecule has 8 heteroatoms. The Hall–Kier alpha value is -3.42. The molecule has 0 aliphatic carbocycles. The number of rotatable bonds is 5. The first-order chi connectivity index (χ1) is 13.3. The van der Waals surface area contributed by atoms with E-state index in [4.69, 9.17) is 14.2 Å². The number of Topliss-reactive ketones (excluding diaryl/α,β-unsaturated/α-hetero) is 1. The number of fused-ring (bicyclic) bond motifs is 1. The second kappa shape index (κ2) is 7.67. The van der Waals surface area contributed by atoms with Crippen LogP contribution in [0.25, 0.3) is 0 Å². The number of nitro groups is 1. The average molecular weight is 385 g/mol. The molecule has 2 aromatic rings. The summed E-state index contributed by atoms with van der Waals surface area (Å²) in [5.74, 6) is -0.962. The number of carbonyl (C=O) groups excluding carboxylic acids is 2. The second-order valence-electron chi connectivity index (χ2n) is 6.48. The topological polar surface area (TPSA) is 105 Å². The Morgan fingerprint density at radius 1 is 1.07 bits per heavy atom. The molecule has 0 N–H and O–H groups in total. The van der Waals surface area contributed by atoms with E-state index in [0.29, 0.717) is 5.56 Å². The highest BCUT2D eigenvalue weighted by Crippen LogP contribution is 2.37. The van der Waals surface area contributed by atoms with Gasteiger partial charge in [0.1, 0.15) is 18.8 Å². The van der Waals surface area contributed by atoms with Gasteiger partial charge in [-0.1, -0.05) is 12.1 Å². The van der Waals surface area contributed by atoms with Crippen LogP contribution in [0.4, 0.5) is 5.69 Å². The van der Waals surface area contributed by atoms with Crippen molar-refractivity contribution < 1.29 is 28.7 Å². The molecule has 28 heavy (non-hydrogen) atoms. The quantitative estimate of drug-likeness (QED) is 0.336. The maximum atomic E-state index is 12.6. The molecule has 0 saturated carbocycles. The number of benzene rings is 2. The molecule has 0 radical (unpaired) electrons. The molecule has 1 aliphatic rings. The monoisotopic (exact) mass is 385 g/mol. The summed E-state index contributed by atoms with van der Waals surface area (Å²) >= 11 is 0. The Bertz CT molecular complexity index is 967. The first kappa shape index (κ1) is 19.3. The van der Waals surface area contributed by atoms with Crippen LogP contribution in [0.3, 0.4) is 0 Å². The molecular formula is C20H19NO7. The summed E-state index contributed by atoms with van der Waals surface area (Å²) in [4.78, 5) is 35.8. The highest BCUT2D eigenvalue weighted by atomic mass is 16.6. The third-order valence-electron chi connectivity index (χ3n) is 4.52. The Morgan fingerprint density at radius 3 is 2.32 bits per heavy atom. The summed E-state index contributed by atoms with van der Waals surface area (Å²) in [5, 5.41) is 11.4. The number of ketones is 1. The molecule has 0 amide bonds. The second-order valence-corrected chi connectivity index (χ2v) is 6.48. The van der Waals surface area contributed by atoms with Gasteiger partial charge >= 0.3 is 5.97 Å². The number of esters is 1. The van der Waals surface area contributed by atoms with Crippen molar-refractivity contribution >= 4 is 17.4 Å². The summed E-state index contributed by atoms with van der Waals surface area (Å²) in [5.41, 5.74) is 1.61. The van der Waals surface area contributed by atoms with Gasteiger partial charge < -0.3 is 14.2 Å². The van der Waals surface area contributed by atoms with Crippen LogP contribution in [0.2, 0.25) is 0 Å². The highest BCUT2D eigenvalue weighted by Gasteiger charge is 2.29. The lowest BCUT2D eigenvalue weighted by Crippen LogP contribution is -2.25. The van der Waals surface area contributed by atoms with Gasteiger partial charge in [-0.3, -0.25) is 14.9 Å². The molecule has 3 rings (SSSR count). The van der Waals surface area contributed by atoms with Gasteiger partial charge in [0.25, 0.3) is 5.69 Å². The predicted octanol–water partition coefficient (Wildman–Crippen LogP) is 3.41. The third kappa shape index (κ3) is 3.80. The number of nitro benzene ring substituents is 1. The predicted molar refractivity (Wildman–Crippen MR) is 99.2 cm³/mol. The van der Waals surface area contributed by atoms with E-state index in [1.807, 2.05) is 19.9 Å². The Morgan fingerprint density at radius 2 is 1.71 bits per heavy atom. The van der Waals surface area contributed by atoms with Crippen molar-refractivity contribution in [3.63, 3.8) is 0 Å². The van der Waals surface area contributed by atoms with E-state index >= 15 is 0 Å².